The van der Waals surface area contributed by atoms with Gasteiger partial charge in [0.25, 0.3) is 0 Å². The van der Waals surface area contributed by atoms with Crippen molar-refractivity contribution in [3.8, 4) is 0 Å². The van der Waals surface area contributed by atoms with Gasteiger partial charge in [-0.3, -0.25) is 0 Å². The molecule has 0 bridgehead atoms. The zero-order valence-electron chi connectivity index (χ0n) is 7.34. The van der Waals surface area contributed by atoms with Gasteiger partial charge in [-0.1, -0.05) is 26.0 Å². The quantitative estimate of drug-likeness (QED) is 0.638. The van der Waals surface area contributed by atoms with Crippen LogP contribution in [-0.4, -0.2) is 11.8 Å². The van der Waals surface area contributed by atoms with Gasteiger partial charge in [-0.05, 0) is 17.7 Å². The van der Waals surface area contributed by atoms with E-state index in [2.05, 4.69) is 0 Å². The second kappa shape index (κ2) is 3.13. The number of aliphatic hydroxyl groups is 1. The lowest BCUT2D eigenvalue weighted by Crippen LogP contribution is -2.04. The Morgan fingerprint density at radius 1 is 1.33 bits per heavy atom. The average Bonchev–Trinajstić information content (AvgIpc) is 2.07. The Kier molecular flexibility index (Phi) is 2.36. The molecule has 1 rings (SSSR count). The minimum atomic E-state index is -0.485. The van der Waals surface area contributed by atoms with Gasteiger partial charge < -0.3 is 5.11 Å². The summed E-state index contributed by atoms with van der Waals surface area (Å²) in [7, 11) is 0. The van der Waals surface area contributed by atoms with Crippen LogP contribution in [0, 0.1) is 5.41 Å². The third kappa shape index (κ3) is 2.22. The maximum Gasteiger partial charge on any atom is 0.114 e. The summed E-state index contributed by atoms with van der Waals surface area (Å²) in [5, 5.41) is 9.26. The lowest BCUT2D eigenvalue weighted by molar-refractivity contribution is 0.419. The molecule has 0 aliphatic heterocycles. The lowest BCUT2D eigenvalue weighted by atomic mass is 9.91. The normalized spacial score (nSPS) is 21.2. The molecule has 0 aromatic rings. The van der Waals surface area contributed by atoms with Gasteiger partial charge in [-0.2, -0.15) is 0 Å². The molecular weight excluding hydrogens is 155 g/mol. The summed E-state index contributed by atoms with van der Waals surface area (Å²) in [6.45, 7) is 3.36. The van der Waals surface area contributed by atoms with Crippen molar-refractivity contribution < 1.29 is 9.50 Å². The van der Waals surface area contributed by atoms with Gasteiger partial charge >= 0.3 is 0 Å². The van der Waals surface area contributed by atoms with E-state index in [0.717, 1.165) is 0 Å². The fraction of sp³-hybridized carbons (Fsp3) is 0.400. The van der Waals surface area contributed by atoms with E-state index in [-0.39, 0.29) is 11.2 Å². The highest BCUT2D eigenvalue weighted by atomic mass is 19.1. The second-order valence-electron chi connectivity index (χ2n) is 3.58. The Hall–Kier alpha value is -1.05. The molecule has 0 aromatic carbocycles. The van der Waals surface area contributed by atoms with E-state index < -0.39 is 6.67 Å². The summed E-state index contributed by atoms with van der Waals surface area (Å²) in [5.41, 5.74) is 0.343. The lowest BCUT2D eigenvalue weighted by Gasteiger charge is -2.14. The second-order valence-corrected chi connectivity index (χ2v) is 3.58. The van der Waals surface area contributed by atoms with E-state index >= 15 is 0 Å². The molecule has 66 valence electrons. The van der Waals surface area contributed by atoms with Crippen LogP contribution >= 0.6 is 0 Å². The molecule has 0 fully saturated rings. The summed E-state index contributed by atoms with van der Waals surface area (Å²) in [6, 6.07) is 0. The smallest absolute Gasteiger partial charge is 0.114 e. The van der Waals surface area contributed by atoms with Crippen molar-refractivity contribution in [1.29, 1.82) is 0 Å². The molecule has 0 atom stereocenters. The SMILES string of the molecule is CC1(C)C=C(O)C=CC(CF)=C1. The summed E-state index contributed by atoms with van der Waals surface area (Å²) >= 11 is 0. The predicted molar refractivity (Wildman–Crippen MR) is 47.7 cm³/mol. The number of halogens is 1. The highest BCUT2D eigenvalue weighted by molar-refractivity contribution is 5.33. The van der Waals surface area contributed by atoms with Crippen molar-refractivity contribution >= 4 is 0 Å². The summed E-state index contributed by atoms with van der Waals surface area (Å²) in [6.07, 6.45) is 6.62. The van der Waals surface area contributed by atoms with Crippen LogP contribution in [0.1, 0.15) is 13.8 Å². The number of alkyl halides is 1. The maximum absolute atomic E-state index is 12.3. The Labute approximate surface area is 71.9 Å². The molecule has 0 amide bonds. The number of hydrogen-bond donors (Lipinski definition) is 1. The molecule has 0 saturated heterocycles. The van der Waals surface area contributed by atoms with Gasteiger partial charge in [0.1, 0.15) is 12.4 Å². The van der Waals surface area contributed by atoms with Crippen LogP contribution in [0.4, 0.5) is 4.39 Å². The number of allylic oxidation sites excluding steroid dienone is 5. The van der Waals surface area contributed by atoms with E-state index in [4.69, 9.17) is 0 Å². The Balaban J connectivity index is 3.00. The van der Waals surface area contributed by atoms with Gasteiger partial charge in [0.05, 0.1) is 0 Å². The highest BCUT2D eigenvalue weighted by Crippen LogP contribution is 2.25. The maximum atomic E-state index is 12.3. The van der Waals surface area contributed by atoms with Crippen LogP contribution in [0.15, 0.2) is 35.6 Å². The Bertz CT molecular complexity index is 259. The Morgan fingerprint density at radius 2 is 2.00 bits per heavy atom. The molecule has 0 saturated carbocycles. The van der Waals surface area contributed by atoms with Gasteiger partial charge in [0, 0.05) is 5.41 Å². The van der Waals surface area contributed by atoms with Crippen molar-refractivity contribution in [1.82, 2.24) is 0 Å². The van der Waals surface area contributed by atoms with Crippen LogP contribution in [-0.2, 0) is 0 Å². The van der Waals surface area contributed by atoms with Crippen LogP contribution in [0.5, 0.6) is 0 Å². The molecule has 1 nitrogen and oxygen atoms in total. The molecule has 0 spiro atoms. The molecule has 1 aliphatic carbocycles. The molecule has 0 radical (unpaired) electrons. The zero-order valence-corrected chi connectivity index (χ0v) is 7.34. The minimum Gasteiger partial charge on any atom is -0.508 e. The van der Waals surface area contributed by atoms with Crippen LogP contribution in [0.3, 0.4) is 0 Å². The molecule has 0 unspecified atom stereocenters. The first-order chi connectivity index (χ1) is 5.53. The monoisotopic (exact) mass is 168 g/mol. The topological polar surface area (TPSA) is 20.2 Å². The van der Waals surface area contributed by atoms with Crippen LogP contribution in [0.25, 0.3) is 0 Å². The van der Waals surface area contributed by atoms with Crippen LogP contribution < -0.4 is 0 Å². The first-order valence-corrected chi connectivity index (χ1v) is 3.91. The molecule has 2 heteroatoms. The third-order valence-electron chi connectivity index (χ3n) is 1.70. The number of aliphatic hydroxyl groups excluding tert-OH is 1. The molecule has 0 aromatic heterocycles. The van der Waals surface area contributed by atoms with Crippen molar-refractivity contribution in [2.45, 2.75) is 13.8 Å². The molecular formula is C10H13FO. The molecule has 0 heterocycles. The first-order valence-electron chi connectivity index (χ1n) is 3.91. The third-order valence-corrected chi connectivity index (χ3v) is 1.70. The van der Waals surface area contributed by atoms with Crippen molar-refractivity contribution in [2.75, 3.05) is 6.67 Å². The first kappa shape index (κ1) is 9.04. The van der Waals surface area contributed by atoms with Crippen molar-refractivity contribution in [3.05, 3.63) is 35.6 Å². The van der Waals surface area contributed by atoms with E-state index in [9.17, 15) is 9.50 Å². The van der Waals surface area contributed by atoms with Crippen molar-refractivity contribution in [3.63, 3.8) is 0 Å². The highest BCUT2D eigenvalue weighted by Gasteiger charge is 2.14. The molecule has 1 N–H and O–H groups in total. The Morgan fingerprint density at radius 3 is 2.58 bits per heavy atom. The standard InChI is InChI=1S/C10H13FO/c1-10(2)5-8(7-11)3-4-9(12)6-10/h3-6,12H,7H2,1-2H3. The summed E-state index contributed by atoms with van der Waals surface area (Å²) in [4.78, 5) is 0. The van der Waals surface area contributed by atoms with Crippen molar-refractivity contribution in [2.24, 2.45) is 5.41 Å². The van der Waals surface area contributed by atoms with E-state index in [1.165, 1.54) is 6.08 Å². The van der Waals surface area contributed by atoms with E-state index in [0.29, 0.717) is 5.57 Å². The van der Waals surface area contributed by atoms with E-state index in [1.807, 2.05) is 19.9 Å². The molecule has 12 heavy (non-hydrogen) atoms. The average molecular weight is 168 g/mol. The number of rotatable bonds is 1. The van der Waals surface area contributed by atoms with Gasteiger partial charge in [-0.25, -0.2) is 4.39 Å². The largest absolute Gasteiger partial charge is 0.508 e. The van der Waals surface area contributed by atoms with E-state index in [1.54, 1.807) is 12.2 Å². The fourth-order valence-electron chi connectivity index (χ4n) is 1.27. The van der Waals surface area contributed by atoms with Gasteiger partial charge in [0.15, 0.2) is 0 Å². The summed E-state index contributed by atoms with van der Waals surface area (Å²) < 4.78 is 12.3. The fourth-order valence-corrected chi connectivity index (χ4v) is 1.27. The number of hydrogen-bond acceptors (Lipinski definition) is 1. The van der Waals surface area contributed by atoms with Crippen LogP contribution in [0.2, 0.25) is 0 Å². The predicted octanol–water partition coefficient (Wildman–Crippen LogP) is 2.92. The summed E-state index contributed by atoms with van der Waals surface area (Å²) in [5.74, 6) is 0.194. The van der Waals surface area contributed by atoms with Gasteiger partial charge in [0.2, 0.25) is 0 Å². The zero-order chi connectivity index (χ0) is 9.19. The van der Waals surface area contributed by atoms with Gasteiger partial charge in [-0.15, -0.1) is 0 Å². The minimum absolute atomic E-state index is 0.194. The molecule has 1 aliphatic rings.